The van der Waals surface area contributed by atoms with E-state index in [0.717, 1.165) is 4.90 Å². The largest absolute Gasteiger partial charge is 0.334 e. The van der Waals surface area contributed by atoms with E-state index in [2.05, 4.69) is 15.3 Å². The number of benzene rings is 2. The number of hydrogen-bond acceptors (Lipinski definition) is 5. The number of carbonyl (C=O) groups excluding carboxylic acids is 3. The first-order chi connectivity index (χ1) is 16.6. The van der Waals surface area contributed by atoms with Crippen molar-refractivity contribution < 1.29 is 18.8 Å². The summed E-state index contributed by atoms with van der Waals surface area (Å²) in [7, 11) is 0. The van der Waals surface area contributed by atoms with Crippen LogP contribution >= 0.6 is 11.6 Å². The summed E-state index contributed by atoms with van der Waals surface area (Å²) in [6.45, 7) is 3.17. The predicted octanol–water partition coefficient (Wildman–Crippen LogP) is 2.92. The van der Waals surface area contributed by atoms with Gasteiger partial charge >= 0.3 is 6.03 Å². The zero-order valence-corrected chi connectivity index (χ0v) is 19.9. The van der Waals surface area contributed by atoms with Crippen LogP contribution in [-0.4, -0.2) is 50.7 Å². The van der Waals surface area contributed by atoms with Gasteiger partial charge < -0.3 is 15.2 Å². The lowest BCUT2D eigenvalue weighted by molar-refractivity contribution is -0.139. The van der Waals surface area contributed by atoms with Gasteiger partial charge in [0.2, 0.25) is 5.91 Å². The molecule has 2 heterocycles. The fourth-order valence-electron chi connectivity index (χ4n) is 4.03. The normalized spacial score (nSPS) is 17.7. The SMILES string of the molecule is CCCN(Cc1nc2cc(Cl)ccc2c(=O)[nH]1)C(=O)CN1C(=O)N[C@@](C)(c2ccc(F)cc2)C1=O. The van der Waals surface area contributed by atoms with Gasteiger partial charge in [-0.15, -0.1) is 0 Å². The Balaban J connectivity index is 1.54. The fraction of sp³-hybridized carbons (Fsp3) is 0.292. The molecule has 1 aliphatic rings. The summed E-state index contributed by atoms with van der Waals surface area (Å²) >= 11 is 6.02. The van der Waals surface area contributed by atoms with Crippen molar-refractivity contribution in [2.45, 2.75) is 32.4 Å². The van der Waals surface area contributed by atoms with Crippen LogP contribution in [0.2, 0.25) is 5.02 Å². The maximum atomic E-state index is 13.3. The quantitative estimate of drug-likeness (QED) is 0.485. The first-order valence-corrected chi connectivity index (χ1v) is 11.4. The smallest absolute Gasteiger partial charge is 0.325 e. The molecule has 4 amide bonds. The van der Waals surface area contributed by atoms with Crippen LogP contribution < -0.4 is 10.9 Å². The van der Waals surface area contributed by atoms with Gasteiger partial charge in [0.05, 0.1) is 17.4 Å². The van der Waals surface area contributed by atoms with Crippen molar-refractivity contribution in [2.24, 2.45) is 0 Å². The highest BCUT2D eigenvalue weighted by Gasteiger charge is 2.49. The van der Waals surface area contributed by atoms with Crippen molar-refractivity contribution in [2.75, 3.05) is 13.1 Å². The van der Waals surface area contributed by atoms with E-state index in [4.69, 9.17) is 11.6 Å². The molecule has 1 aliphatic heterocycles. The third-order valence-corrected chi connectivity index (χ3v) is 6.13. The molecule has 9 nitrogen and oxygen atoms in total. The molecule has 1 aromatic heterocycles. The number of rotatable bonds is 7. The number of halogens is 2. The molecule has 3 aromatic rings. The summed E-state index contributed by atoms with van der Waals surface area (Å²) in [5.74, 6) is -1.34. The number of aromatic nitrogens is 2. The van der Waals surface area contributed by atoms with Crippen molar-refractivity contribution in [1.82, 2.24) is 25.1 Å². The maximum Gasteiger partial charge on any atom is 0.325 e. The summed E-state index contributed by atoms with van der Waals surface area (Å²) in [6, 6.07) is 9.21. The van der Waals surface area contributed by atoms with Crippen molar-refractivity contribution in [1.29, 1.82) is 0 Å². The van der Waals surface area contributed by atoms with Gasteiger partial charge in [0.1, 0.15) is 23.7 Å². The van der Waals surface area contributed by atoms with Crippen LogP contribution in [0.15, 0.2) is 47.3 Å². The topological polar surface area (TPSA) is 115 Å². The van der Waals surface area contributed by atoms with E-state index < -0.39 is 35.7 Å². The number of amides is 4. The molecule has 0 radical (unpaired) electrons. The van der Waals surface area contributed by atoms with Gasteiger partial charge in [-0.2, -0.15) is 0 Å². The third kappa shape index (κ3) is 4.74. The molecule has 2 N–H and O–H groups in total. The van der Waals surface area contributed by atoms with Gasteiger partial charge in [-0.25, -0.2) is 14.2 Å². The second kappa shape index (κ2) is 9.46. The van der Waals surface area contributed by atoms with E-state index in [9.17, 15) is 23.6 Å². The van der Waals surface area contributed by atoms with Crippen molar-refractivity contribution in [3.8, 4) is 0 Å². The van der Waals surface area contributed by atoms with Gasteiger partial charge in [0.25, 0.3) is 11.5 Å². The molecule has 0 spiro atoms. The molecular formula is C24H23ClFN5O4. The number of imide groups is 1. The Morgan fingerprint density at radius 2 is 1.89 bits per heavy atom. The minimum Gasteiger partial charge on any atom is -0.334 e. The van der Waals surface area contributed by atoms with E-state index in [1.807, 2.05) is 6.92 Å². The highest BCUT2D eigenvalue weighted by molar-refractivity contribution is 6.31. The number of hydrogen-bond donors (Lipinski definition) is 2. The Kier molecular flexibility index (Phi) is 6.58. The number of H-pyrrole nitrogens is 1. The molecule has 0 aliphatic carbocycles. The van der Waals surface area contributed by atoms with Crippen LogP contribution in [-0.2, 0) is 21.7 Å². The molecule has 1 atom stereocenters. The highest BCUT2D eigenvalue weighted by atomic mass is 35.5. The van der Waals surface area contributed by atoms with Crippen molar-refractivity contribution >= 4 is 40.3 Å². The Hall–Kier alpha value is -3.79. The van der Waals surface area contributed by atoms with Crippen LogP contribution in [0, 0.1) is 5.82 Å². The van der Waals surface area contributed by atoms with E-state index in [-0.39, 0.29) is 17.9 Å². The zero-order chi connectivity index (χ0) is 25.3. The number of nitrogens with zero attached hydrogens (tertiary/aromatic N) is 3. The molecule has 0 unspecified atom stereocenters. The fourth-order valence-corrected chi connectivity index (χ4v) is 4.20. The lowest BCUT2D eigenvalue weighted by atomic mass is 9.92. The van der Waals surface area contributed by atoms with Crippen LogP contribution in [0.25, 0.3) is 10.9 Å². The number of carbonyl (C=O) groups is 3. The standard InChI is InChI=1S/C24H23ClFN5O4/c1-3-10-30(12-19-27-18-11-15(25)6-9-17(18)21(33)28-19)20(32)13-31-22(34)24(2,29-23(31)35)14-4-7-16(26)8-5-14/h4-9,11H,3,10,12-13H2,1-2H3,(H,29,35)(H,27,28,33)/t24-/m0/s1. The molecular weight excluding hydrogens is 477 g/mol. The molecule has 0 saturated carbocycles. The number of nitrogens with one attached hydrogen (secondary N) is 2. The molecule has 0 bridgehead atoms. The minimum atomic E-state index is -1.43. The average molecular weight is 500 g/mol. The molecule has 35 heavy (non-hydrogen) atoms. The monoisotopic (exact) mass is 499 g/mol. The lowest BCUT2D eigenvalue weighted by Gasteiger charge is -2.25. The summed E-state index contributed by atoms with van der Waals surface area (Å²) in [5, 5.41) is 3.39. The van der Waals surface area contributed by atoms with Crippen molar-refractivity contribution in [3.05, 3.63) is 75.0 Å². The van der Waals surface area contributed by atoms with Gasteiger partial charge in [-0.3, -0.25) is 19.3 Å². The van der Waals surface area contributed by atoms with E-state index in [0.29, 0.717) is 34.5 Å². The zero-order valence-electron chi connectivity index (χ0n) is 19.1. The molecule has 182 valence electrons. The molecule has 11 heteroatoms. The maximum absolute atomic E-state index is 13.3. The Morgan fingerprint density at radius 3 is 2.57 bits per heavy atom. The lowest BCUT2D eigenvalue weighted by Crippen LogP contribution is -2.44. The minimum absolute atomic E-state index is 0.0246. The number of urea groups is 1. The van der Waals surface area contributed by atoms with Gasteiger partial charge in [-0.1, -0.05) is 30.7 Å². The first-order valence-electron chi connectivity index (χ1n) is 11.0. The van der Waals surface area contributed by atoms with Crippen LogP contribution in [0.3, 0.4) is 0 Å². The second-order valence-corrected chi connectivity index (χ2v) is 8.88. The van der Waals surface area contributed by atoms with Crippen LogP contribution in [0.1, 0.15) is 31.7 Å². The summed E-state index contributed by atoms with van der Waals surface area (Å²) in [4.78, 5) is 60.7. The molecule has 2 aromatic carbocycles. The number of aromatic amines is 1. The van der Waals surface area contributed by atoms with Gasteiger partial charge in [0.15, 0.2) is 0 Å². The average Bonchev–Trinajstić information content (AvgIpc) is 3.02. The summed E-state index contributed by atoms with van der Waals surface area (Å²) in [6.07, 6.45) is 0.600. The van der Waals surface area contributed by atoms with Gasteiger partial charge in [-0.05, 0) is 49.2 Å². The molecule has 1 saturated heterocycles. The summed E-state index contributed by atoms with van der Waals surface area (Å²) < 4.78 is 13.3. The van der Waals surface area contributed by atoms with Crippen molar-refractivity contribution in [3.63, 3.8) is 0 Å². The van der Waals surface area contributed by atoms with Gasteiger partial charge in [0, 0.05) is 11.6 Å². The third-order valence-electron chi connectivity index (χ3n) is 5.89. The highest BCUT2D eigenvalue weighted by Crippen LogP contribution is 2.29. The number of fused-ring (bicyclic) bond motifs is 1. The van der Waals surface area contributed by atoms with E-state index in [1.165, 1.54) is 36.1 Å². The van der Waals surface area contributed by atoms with E-state index in [1.54, 1.807) is 18.2 Å². The summed E-state index contributed by atoms with van der Waals surface area (Å²) in [5.41, 5.74) is -1.00. The van der Waals surface area contributed by atoms with Crippen LogP contribution in [0.4, 0.5) is 9.18 Å². The van der Waals surface area contributed by atoms with E-state index >= 15 is 0 Å². The molecule has 4 rings (SSSR count). The second-order valence-electron chi connectivity index (χ2n) is 8.44. The molecule has 1 fully saturated rings. The Morgan fingerprint density at radius 1 is 1.17 bits per heavy atom. The first kappa shape index (κ1) is 24.3. The Labute approximate surface area is 204 Å². The predicted molar refractivity (Wildman–Crippen MR) is 127 cm³/mol. The van der Waals surface area contributed by atoms with Crippen LogP contribution in [0.5, 0.6) is 0 Å². The Bertz CT molecular complexity index is 1380.